The Kier molecular flexibility index (Phi) is 10.0. The highest BCUT2D eigenvalue weighted by atomic mass is 32.2. The van der Waals surface area contributed by atoms with Crippen molar-refractivity contribution in [3.8, 4) is 34.7 Å². The van der Waals surface area contributed by atoms with Crippen molar-refractivity contribution in [2.24, 2.45) is 4.99 Å². The number of benzene rings is 3. The van der Waals surface area contributed by atoms with Gasteiger partial charge in [0.05, 0.1) is 17.1 Å². The lowest BCUT2D eigenvalue weighted by atomic mass is 9.99. The van der Waals surface area contributed by atoms with Gasteiger partial charge in [-0.2, -0.15) is 4.99 Å². The number of carbonyl (C=O) groups is 2. The Bertz CT molecular complexity index is 1880. The van der Waals surface area contributed by atoms with Gasteiger partial charge in [0.15, 0.2) is 11.0 Å². The standard InChI is InChI=1S/C34H31F3N6O3S/c1-21(2)28-16-11-22(3)17-29(28)43-30(44)19-47-33(43)40-32(45)39-23(4)7-5-8-24-9-6-10-25(18-24)31-38-20-42(41-31)26-12-14-27(15-13-26)46-34(35,36)37/h6,9-18,20-21,23H,7,19H2,1-4H3,(H,39,45)/b40-33-. The Morgan fingerprint density at radius 2 is 1.87 bits per heavy atom. The first kappa shape index (κ1) is 33.3. The van der Waals surface area contributed by atoms with E-state index in [0.29, 0.717) is 34.2 Å². The summed E-state index contributed by atoms with van der Waals surface area (Å²) in [7, 11) is 0. The van der Waals surface area contributed by atoms with Gasteiger partial charge in [0.25, 0.3) is 0 Å². The second-order valence-electron chi connectivity index (χ2n) is 11.1. The summed E-state index contributed by atoms with van der Waals surface area (Å²) in [6.45, 7) is 7.89. The number of hydrogen-bond acceptors (Lipinski definition) is 6. The van der Waals surface area contributed by atoms with E-state index >= 15 is 0 Å². The van der Waals surface area contributed by atoms with Crippen LogP contribution in [0.3, 0.4) is 0 Å². The molecule has 0 saturated carbocycles. The number of aromatic nitrogens is 3. The number of alkyl halides is 3. The molecule has 9 nitrogen and oxygen atoms in total. The van der Waals surface area contributed by atoms with Gasteiger partial charge in [0.2, 0.25) is 5.91 Å². The first-order chi connectivity index (χ1) is 22.4. The molecular formula is C34H31F3N6O3S. The van der Waals surface area contributed by atoms with Crippen LogP contribution in [0, 0.1) is 18.8 Å². The van der Waals surface area contributed by atoms with Crippen LogP contribution in [0.4, 0.5) is 23.7 Å². The molecule has 1 N–H and O–H groups in total. The zero-order valence-corrected chi connectivity index (χ0v) is 26.8. The highest BCUT2D eigenvalue weighted by Gasteiger charge is 2.33. The average molecular weight is 661 g/mol. The van der Waals surface area contributed by atoms with Crippen LogP contribution in [0.2, 0.25) is 0 Å². The van der Waals surface area contributed by atoms with Gasteiger partial charge >= 0.3 is 12.4 Å². The van der Waals surface area contributed by atoms with Gasteiger partial charge < -0.3 is 10.1 Å². The summed E-state index contributed by atoms with van der Waals surface area (Å²) in [5, 5.41) is 7.61. The van der Waals surface area contributed by atoms with E-state index in [1.165, 1.54) is 51.9 Å². The number of halogens is 3. The van der Waals surface area contributed by atoms with Gasteiger partial charge in [-0.05, 0) is 73.4 Å². The van der Waals surface area contributed by atoms with Crippen molar-refractivity contribution >= 4 is 34.6 Å². The number of carbonyl (C=O) groups excluding carboxylic acids is 2. The third-order valence-electron chi connectivity index (χ3n) is 6.97. The van der Waals surface area contributed by atoms with Crippen molar-refractivity contribution in [3.63, 3.8) is 0 Å². The molecule has 13 heteroatoms. The van der Waals surface area contributed by atoms with Gasteiger partial charge in [-0.1, -0.05) is 61.7 Å². The van der Waals surface area contributed by atoms with Crippen LogP contribution in [0.1, 0.15) is 49.8 Å². The van der Waals surface area contributed by atoms with Crippen LogP contribution >= 0.6 is 11.8 Å². The number of nitrogens with zero attached hydrogens (tertiary/aromatic N) is 5. The maximum atomic E-state index is 12.8. The van der Waals surface area contributed by atoms with E-state index in [4.69, 9.17) is 0 Å². The SMILES string of the molecule is Cc1ccc(C(C)C)c(N2C(=O)CS/C2=N\C(=O)NC(C)CC#Cc2cccc(-c3ncn(-c4ccc(OC(F)(F)F)cc4)n3)c2)c1. The molecule has 2 heterocycles. The van der Waals surface area contributed by atoms with Crippen molar-refractivity contribution in [2.75, 3.05) is 10.7 Å². The lowest BCUT2D eigenvalue weighted by Gasteiger charge is -2.22. The molecule has 0 bridgehead atoms. The molecule has 0 radical (unpaired) electrons. The van der Waals surface area contributed by atoms with Crippen LogP contribution in [0.15, 0.2) is 78.0 Å². The van der Waals surface area contributed by atoms with Crippen LogP contribution in [0.5, 0.6) is 5.75 Å². The monoisotopic (exact) mass is 660 g/mol. The molecule has 1 aromatic heterocycles. The predicted molar refractivity (Wildman–Crippen MR) is 176 cm³/mol. The highest BCUT2D eigenvalue weighted by Crippen LogP contribution is 2.34. The topological polar surface area (TPSA) is 102 Å². The predicted octanol–water partition coefficient (Wildman–Crippen LogP) is 7.24. The number of amides is 3. The highest BCUT2D eigenvalue weighted by molar-refractivity contribution is 8.15. The van der Waals surface area contributed by atoms with Gasteiger partial charge in [0.1, 0.15) is 12.1 Å². The molecule has 3 aromatic carbocycles. The lowest BCUT2D eigenvalue weighted by Crippen LogP contribution is -2.34. The zero-order valence-electron chi connectivity index (χ0n) is 26.0. The molecule has 3 amide bonds. The van der Waals surface area contributed by atoms with Crippen LogP contribution in [-0.2, 0) is 4.79 Å². The molecule has 4 aromatic rings. The molecule has 1 fully saturated rings. The van der Waals surface area contributed by atoms with E-state index < -0.39 is 12.4 Å². The molecule has 0 aliphatic carbocycles. The van der Waals surface area contributed by atoms with Crippen LogP contribution in [0.25, 0.3) is 17.1 Å². The zero-order chi connectivity index (χ0) is 33.7. The Labute approximate surface area is 274 Å². The summed E-state index contributed by atoms with van der Waals surface area (Å²) >= 11 is 1.24. The molecule has 1 aliphatic heterocycles. The number of hydrogen-bond donors (Lipinski definition) is 1. The van der Waals surface area contributed by atoms with Crippen molar-refractivity contribution < 1.29 is 27.5 Å². The Balaban J connectivity index is 1.21. The fourth-order valence-corrected chi connectivity index (χ4v) is 5.62. The Morgan fingerprint density at radius 1 is 1.11 bits per heavy atom. The molecular weight excluding hydrogens is 629 g/mol. The summed E-state index contributed by atoms with van der Waals surface area (Å²) < 4.78 is 42.7. The smallest absolute Gasteiger partial charge is 0.406 e. The van der Waals surface area contributed by atoms with Crippen LogP contribution in [-0.4, -0.2) is 50.0 Å². The number of amidine groups is 1. The molecule has 0 spiro atoms. The summed E-state index contributed by atoms with van der Waals surface area (Å²) in [6.07, 6.45) is -2.95. The molecule has 1 aliphatic rings. The summed E-state index contributed by atoms with van der Waals surface area (Å²) in [4.78, 5) is 35.7. The Morgan fingerprint density at radius 3 is 2.60 bits per heavy atom. The van der Waals surface area contributed by atoms with Gasteiger partial charge in [0, 0.05) is 23.6 Å². The number of aliphatic imine (C=N–C) groups is 1. The maximum absolute atomic E-state index is 12.8. The minimum atomic E-state index is -4.77. The first-order valence-corrected chi connectivity index (χ1v) is 15.7. The number of urea groups is 1. The second kappa shape index (κ2) is 14.1. The summed E-state index contributed by atoms with van der Waals surface area (Å²) in [6, 6.07) is 17.7. The van der Waals surface area contributed by atoms with E-state index in [9.17, 15) is 22.8 Å². The number of aryl methyl sites for hydroxylation is 1. The quantitative estimate of drug-likeness (QED) is 0.210. The van der Waals surface area contributed by atoms with E-state index in [-0.39, 0.29) is 29.4 Å². The second-order valence-corrected chi connectivity index (χ2v) is 12.1. The fraction of sp³-hybridized carbons (Fsp3) is 0.265. The number of rotatable bonds is 7. The largest absolute Gasteiger partial charge is 0.573 e. The molecule has 5 rings (SSSR count). The lowest BCUT2D eigenvalue weighted by molar-refractivity contribution is -0.274. The van der Waals surface area contributed by atoms with E-state index in [1.54, 1.807) is 0 Å². The van der Waals surface area contributed by atoms with Gasteiger partial charge in [-0.3, -0.25) is 9.69 Å². The summed E-state index contributed by atoms with van der Waals surface area (Å²) in [5.74, 6) is 6.52. The van der Waals surface area contributed by atoms with Gasteiger partial charge in [-0.15, -0.1) is 18.3 Å². The van der Waals surface area contributed by atoms with Crippen molar-refractivity contribution in [2.45, 2.75) is 52.4 Å². The normalized spacial score (nSPS) is 14.7. The number of ether oxygens (including phenoxy) is 1. The Hall–Kier alpha value is -5.09. The third kappa shape index (κ3) is 8.59. The number of anilines is 1. The van der Waals surface area contributed by atoms with Crippen molar-refractivity contribution in [3.05, 3.63) is 89.7 Å². The van der Waals surface area contributed by atoms with E-state index in [2.05, 4.69) is 50.8 Å². The van der Waals surface area contributed by atoms with Crippen LogP contribution < -0.4 is 15.0 Å². The van der Waals surface area contributed by atoms with E-state index in [0.717, 1.165) is 16.8 Å². The molecule has 1 saturated heterocycles. The van der Waals surface area contributed by atoms with E-state index in [1.807, 2.05) is 56.3 Å². The molecule has 1 unspecified atom stereocenters. The third-order valence-corrected chi connectivity index (χ3v) is 7.89. The average Bonchev–Trinajstić information content (AvgIpc) is 3.64. The van der Waals surface area contributed by atoms with Crippen molar-refractivity contribution in [1.29, 1.82) is 0 Å². The van der Waals surface area contributed by atoms with Gasteiger partial charge in [-0.25, -0.2) is 14.5 Å². The number of nitrogens with one attached hydrogen (secondary N) is 1. The molecule has 242 valence electrons. The maximum Gasteiger partial charge on any atom is 0.573 e. The first-order valence-electron chi connectivity index (χ1n) is 14.7. The molecule has 47 heavy (non-hydrogen) atoms. The molecule has 1 atom stereocenters. The fourth-order valence-electron chi connectivity index (χ4n) is 4.76. The summed E-state index contributed by atoms with van der Waals surface area (Å²) in [5.41, 5.74) is 4.68. The minimum Gasteiger partial charge on any atom is -0.406 e. The van der Waals surface area contributed by atoms with Crippen molar-refractivity contribution in [1.82, 2.24) is 20.1 Å². The number of thioether (sulfide) groups is 1. The minimum absolute atomic E-state index is 0.120.